The van der Waals surface area contributed by atoms with E-state index in [-0.39, 0.29) is 0 Å². The monoisotopic (exact) mass is 280 g/mol. The molecular formula is C15H28N4O. The maximum atomic E-state index is 5.36. The van der Waals surface area contributed by atoms with E-state index in [1.54, 1.807) is 0 Å². The SMILES string of the molecule is CCCCc1noc(CN(CC)CC2CCCCN2)n1. The van der Waals surface area contributed by atoms with E-state index in [0.717, 1.165) is 57.2 Å². The minimum Gasteiger partial charge on any atom is -0.338 e. The van der Waals surface area contributed by atoms with Crippen molar-refractivity contribution in [2.75, 3.05) is 19.6 Å². The Morgan fingerprint density at radius 1 is 1.35 bits per heavy atom. The zero-order chi connectivity index (χ0) is 14.2. The van der Waals surface area contributed by atoms with Gasteiger partial charge in [0.2, 0.25) is 5.89 Å². The van der Waals surface area contributed by atoms with Crippen molar-refractivity contribution in [1.29, 1.82) is 0 Å². The van der Waals surface area contributed by atoms with E-state index < -0.39 is 0 Å². The maximum Gasteiger partial charge on any atom is 0.240 e. The van der Waals surface area contributed by atoms with Crippen LogP contribution in [0.3, 0.4) is 0 Å². The largest absolute Gasteiger partial charge is 0.338 e. The van der Waals surface area contributed by atoms with E-state index in [1.165, 1.54) is 19.3 Å². The van der Waals surface area contributed by atoms with Crippen molar-refractivity contribution < 1.29 is 4.52 Å². The van der Waals surface area contributed by atoms with Crippen molar-refractivity contribution in [1.82, 2.24) is 20.4 Å². The zero-order valence-electron chi connectivity index (χ0n) is 12.9. The molecule has 1 unspecified atom stereocenters. The second-order valence-electron chi connectivity index (χ2n) is 5.68. The quantitative estimate of drug-likeness (QED) is 0.792. The molecule has 0 amide bonds. The number of likely N-dealkylation sites (N-methyl/N-ethyl adjacent to an activating group) is 1. The number of unbranched alkanes of at least 4 members (excludes halogenated alkanes) is 1. The smallest absolute Gasteiger partial charge is 0.240 e. The van der Waals surface area contributed by atoms with Gasteiger partial charge >= 0.3 is 0 Å². The molecule has 0 bridgehead atoms. The summed E-state index contributed by atoms with van der Waals surface area (Å²) >= 11 is 0. The predicted octanol–water partition coefficient (Wildman–Crippen LogP) is 2.38. The third-order valence-electron chi connectivity index (χ3n) is 3.96. The molecule has 0 saturated carbocycles. The molecule has 1 fully saturated rings. The summed E-state index contributed by atoms with van der Waals surface area (Å²) in [4.78, 5) is 6.88. The minimum atomic E-state index is 0.617. The summed E-state index contributed by atoms with van der Waals surface area (Å²) in [7, 11) is 0. The molecular weight excluding hydrogens is 252 g/mol. The van der Waals surface area contributed by atoms with Crippen LogP contribution >= 0.6 is 0 Å². The highest BCUT2D eigenvalue weighted by atomic mass is 16.5. The molecule has 1 aliphatic rings. The molecule has 1 N–H and O–H groups in total. The fourth-order valence-corrected chi connectivity index (χ4v) is 2.68. The minimum absolute atomic E-state index is 0.617. The second kappa shape index (κ2) is 8.37. The molecule has 0 radical (unpaired) electrons. The number of piperidine rings is 1. The molecule has 0 spiro atoms. The van der Waals surface area contributed by atoms with Crippen LogP contribution in [-0.2, 0) is 13.0 Å². The number of rotatable bonds is 8. The van der Waals surface area contributed by atoms with E-state index in [4.69, 9.17) is 4.52 Å². The highest BCUT2D eigenvalue weighted by Gasteiger charge is 2.17. The van der Waals surface area contributed by atoms with Gasteiger partial charge in [-0.1, -0.05) is 31.8 Å². The predicted molar refractivity (Wildman–Crippen MR) is 79.5 cm³/mol. The van der Waals surface area contributed by atoms with Crippen molar-refractivity contribution in [2.24, 2.45) is 0 Å². The summed E-state index contributed by atoms with van der Waals surface area (Å²) in [6.45, 7) is 8.39. The van der Waals surface area contributed by atoms with Gasteiger partial charge in [0.15, 0.2) is 5.82 Å². The summed E-state index contributed by atoms with van der Waals surface area (Å²) in [6, 6.07) is 0.617. The van der Waals surface area contributed by atoms with Crippen LogP contribution in [-0.4, -0.2) is 40.7 Å². The first-order chi connectivity index (χ1) is 9.81. The van der Waals surface area contributed by atoms with Gasteiger partial charge in [-0.05, 0) is 32.4 Å². The van der Waals surface area contributed by atoms with Crippen LogP contribution in [0.15, 0.2) is 4.52 Å². The molecule has 5 nitrogen and oxygen atoms in total. The Balaban J connectivity index is 1.80. The molecule has 1 saturated heterocycles. The third kappa shape index (κ3) is 4.87. The molecule has 0 aliphatic carbocycles. The summed E-state index contributed by atoms with van der Waals surface area (Å²) in [5.74, 6) is 1.61. The van der Waals surface area contributed by atoms with E-state index in [0.29, 0.717) is 6.04 Å². The van der Waals surface area contributed by atoms with Crippen molar-refractivity contribution >= 4 is 0 Å². The molecule has 114 valence electrons. The average Bonchev–Trinajstić information content (AvgIpc) is 2.93. The van der Waals surface area contributed by atoms with Crippen molar-refractivity contribution in [3.05, 3.63) is 11.7 Å². The van der Waals surface area contributed by atoms with E-state index in [9.17, 15) is 0 Å². The number of aromatic nitrogens is 2. The van der Waals surface area contributed by atoms with Crippen LogP contribution in [0.5, 0.6) is 0 Å². The number of hydrogen-bond acceptors (Lipinski definition) is 5. The third-order valence-corrected chi connectivity index (χ3v) is 3.96. The van der Waals surface area contributed by atoms with Gasteiger partial charge in [-0.25, -0.2) is 0 Å². The van der Waals surface area contributed by atoms with Crippen molar-refractivity contribution in [2.45, 2.75) is 65.0 Å². The van der Waals surface area contributed by atoms with E-state index in [1.807, 2.05) is 0 Å². The van der Waals surface area contributed by atoms with Crippen molar-refractivity contribution in [3.8, 4) is 0 Å². The number of nitrogens with one attached hydrogen (secondary N) is 1. The molecule has 1 aliphatic heterocycles. The van der Waals surface area contributed by atoms with Gasteiger partial charge in [-0.3, -0.25) is 4.90 Å². The van der Waals surface area contributed by atoms with Crippen LogP contribution in [0.25, 0.3) is 0 Å². The standard InChI is InChI=1S/C15H28N4O/c1-3-5-9-14-17-15(20-18-14)12-19(4-2)11-13-8-6-7-10-16-13/h13,16H,3-12H2,1-2H3. The van der Waals surface area contributed by atoms with Crippen molar-refractivity contribution in [3.63, 3.8) is 0 Å². The summed E-state index contributed by atoms with van der Waals surface area (Å²) in [5, 5.41) is 7.65. The van der Waals surface area contributed by atoms with Gasteiger partial charge in [0, 0.05) is 19.0 Å². The van der Waals surface area contributed by atoms with Gasteiger partial charge in [0.05, 0.1) is 6.54 Å². The maximum absolute atomic E-state index is 5.36. The molecule has 1 aromatic heterocycles. The number of aryl methyl sites for hydroxylation is 1. The fraction of sp³-hybridized carbons (Fsp3) is 0.867. The molecule has 0 aromatic carbocycles. The first-order valence-corrected chi connectivity index (χ1v) is 8.09. The van der Waals surface area contributed by atoms with Crippen LogP contribution < -0.4 is 5.32 Å². The molecule has 1 atom stereocenters. The highest BCUT2D eigenvalue weighted by molar-refractivity contribution is 4.87. The lowest BCUT2D eigenvalue weighted by Crippen LogP contribution is -2.43. The van der Waals surface area contributed by atoms with Crippen LogP contribution in [0, 0.1) is 0 Å². The van der Waals surface area contributed by atoms with Gasteiger partial charge in [-0.2, -0.15) is 4.98 Å². The Morgan fingerprint density at radius 2 is 2.25 bits per heavy atom. The lowest BCUT2D eigenvalue weighted by Gasteiger charge is -2.29. The fourth-order valence-electron chi connectivity index (χ4n) is 2.68. The van der Waals surface area contributed by atoms with Gasteiger partial charge in [0.25, 0.3) is 0 Å². The summed E-state index contributed by atoms with van der Waals surface area (Å²) in [6.07, 6.45) is 7.16. The molecule has 2 heterocycles. The molecule has 20 heavy (non-hydrogen) atoms. The van der Waals surface area contributed by atoms with Crippen LogP contribution in [0.4, 0.5) is 0 Å². The first kappa shape index (κ1) is 15.4. The first-order valence-electron chi connectivity index (χ1n) is 8.09. The van der Waals surface area contributed by atoms with E-state index in [2.05, 4.69) is 34.2 Å². The van der Waals surface area contributed by atoms with Crippen LogP contribution in [0.1, 0.15) is 57.7 Å². The zero-order valence-corrected chi connectivity index (χ0v) is 12.9. The average molecular weight is 280 g/mol. The Labute approximate surface area is 122 Å². The van der Waals surface area contributed by atoms with Crippen LogP contribution in [0.2, 0.25) is 0 Å². The Hall–Kier alpha value is -0.940. The normalized spacial score (nSPS) is 19.6. The molecule has 2 rings (SSSR count). The number of hydrogen-bond donors (Lipinski definition) is 1. The van der Waals surface area contributed by atoms with Gasteiger partial charge in [0.1, 0.15) is 0 Å². The Kier molecular flexibility index (Phi) is 6.47. The van der Waals surface area contributed by atoms with Gasteiger partial charge < -0.3 is 9.84 Å². The van der Waals surface area contributed by atoms with E-state index >= 15 is 0 Å². The lowest BCUT2D eigenvalue weighted by atomic mass is 10.0. The summed E-state index contributed by atoms with van der Waals surface area (Å²) < 4.78 is 5.36. The Bertz CT molecular complexity index is 374. The number of nitrogens with zero attached hydrogens (tertiary/aromatic N) is 3. The van der Waals surface area contributed by atoms with Gasteiger partial charge in [-0.15, -0.1) is 0 Å². The molecule has 5 heteroatoms. The molecule has 1 aromatic rings. The highest BCUT2D eigenvalue weighted by Crippen LogP contribution is 2.11. The second-order valence-corrected chi connectivity index (χ2v) is 5.68. The Morgan fingerprint density at radius 3 is 2.95 bits per heavy atom. The topological polar surface area (TPSA) is 54.2 Å². The lowest BCUT2D eigenvalue weighted by molar-refractivity contribution is 0.201. The summed E-state index contributed by atoms with van der Waals surface area (Å²) in [5.41, 5.74) is 0.